The highest BCUT2D eigenvalue weighted by Crippen LogP contribution is 2.32. The Morgan fingerprint density at radius 3 is 2.29 bits per heavy atom. The Bertz CT molecular complexity index is 674. The minimum absolute atomic E-state index is 0.281. The summed E-state index contributed by atoms with van der Waals surface area (Å²) in [7, 11) is 0. The van der Waals surface area contributed by atoms with E-state index in [-0.39, 0.29) is 5.75 Å². The number of halogens is 5. The number of dihydropyridines is 1. The van der Waals surface area contributed by atoms with Gasteiger partial charge in [0.15, 0.2) is 6.10 Å². The van der Waals surface area contributed by atoms with Crippen LogP contribution in [-0.4, -0.2) is 22.7 Å². The van der Waals surface area contributed by atoms with E-state index in [1.807, 2.05) is 0 Å². The molecule has 0 aliphatic carbocycles. The molecule has 2 rings (SSSR count). The number of benzene rings is 1. The highest BCUT2D eigenvalue weighted by Gasteiger charge is 2.37. The molecule has 1 aliphatic heterocycles. The van der Waals surface area contributed by atoms with Crippen molar-refractivity contribution < 1.29 is 27.4 Å². The summed E-state index contributed by atoms with van der Waals surface area (Å²) in [5, 5.41) is 0.0611. The number of hydrogen-bond donors (Lipinski definition) is 1. The second-order valence-corrected chi connectivity index (χ2v) is 5.79. The molecule has 0 aromatic heterocycles. The van der Waals surface area contributed by atoms with Crippen molar-refractivity contribution in [3.8, 4) is 11.5 Å². The highest BCUT2D eigenvalue weighted by molar-refractivity contribution is 6.64. The van der Waals surface area contributed by atoms with Gasteiger partial charge in [-0.1, -0.05) is 0 Å². The summed E-state index contributed by atoms with van der Waals surface area (Å²) in [6.45, 7) is 1.49. The third kappa shape index (κ3) is 4.82. The highest BCUT2D eigenvalue weighted by atomic mass is 35.5. The Labute approximate surface area is 145 Å². The van der Waals surface area contributed by atoms with Crippen molar-refractivity contribution in [3.05, 3.63) is 48.2 Å². The van der Waals surface area contributed by atoms with Crippen LogP contribution in [0.25, 0.3) is 0 Å². The lowest BCUT2D eigenvalue weighted by atomic mass is 10.2. The zero-order chi connectivity index (χ0) is 18.0. The van der Waals surface area contributed by atoms with Gasteiger partial charge in [0.25, 0.3) is 10.4 Å². The van der Waals surface area contributed by atoms with E-state index in [0.717, 1.165) is 18.4 Å². The van der Waals surface area contributed by atoms with Crippen LogP contribution in [0.15, 0.2) is 48.2 Å². The van der Waals surface area contributed by atoms with E-state index in [1.54, 1.807) is 0 Å². The molecule has 0 radical (unpaired) electrons. The Morgan fingerprint density at radius 1 is 1.25 bits per heavy atom. The molecule has 9 heteroatoms. The monoisotopic (exact) mass is 381 g/mol. The summed E-state index contributed by atoms with van der Waals surface area (Å²) in [5.41, 5.74) is -0.870. The second kappa shape index (κ2) is 6.94. The van der Waals surface area contributed by atoms with Gasteiger partial charge in [0.05, 0.1) is 5.57 Å². The van der Waals surface area contributed by atoms with Crippen LogP contribution in [0.2, 0.25) is 0 Å². The van der Waals surface area contributed by atoms with Crippen LogP contribution in [0.5, 0.6) is 11.5 Å². The second-order valence-electron chi connectivity index (χ2n) is 4.86. The van der Waals surface area contributed by atoms with Gasteiger partial charge in [0.2, 0.25) is 0 Å². The first-order valence-corrected chi connectivity index (χ1v) is 7.43. The standard InChI is InChI=1S/C15H12Cl2F3NO3/c1-9(13(16)22)23-11-2-4-12(5-3-11)24-14(17)7-6-10(8-21-14)15(18,19)20/h2-9,21H,1H3. The Hall–Kier alpha value is -1.86. The van der Waals surface area contributed by atoms with Gasteiger partial charge < -0.3 is 14.8 Å². The quantitative estimate of drug-likeness (QED) is 0.473. The van der Waals surface area contributed by atoms with Crippen LogP contribution >= 0.6 is 23.2 Å². The van der Waals surface area contributed by atoms with Crippen molar-refractivity contribution in [2.45, 2.75) is 24.4 Å². The van der Waals surface area contributed by atoms with E-state index in [9.17, 15) is 18.0 Å². The first-order valence-electron chi connectivity index (χ1n) is 6.67. The minimum Gasteiger partial charge on any atom is -0.482 e. The Balaban J connectivity index is 2.01. The normalized spacial score (nSPS) is 21.5. The number of allylic oxidation sites excluding steroid dienone is 2. The van der Waals surface area contributed by atoms with Gasteiger partial charge in [-0.2, -0.15) is 13.2 Å². The third-order valence-corrected chi connectivity index (χ3v) is 3.57. The lowest BCUT2D eigenvalue weighted by Crippen LogP contribution is -2.42. The van der Waals surface area contributed by atoms with Gasteiger partial charge >= 0.3 is 6.18 Å². The van der Waals surface area contributed by atoms with E-state index in [1.165, 1.54) is 31.2 Å². The molecule has 0 saturated carbocycles. The van der Waals surface area contributed by atoms with Crippen molar-refractivity contribution in [2.75, 3.05) is 0 Å². The zero-order valence-electron chi connectivity index (χ0n) is 12.2. The van der Waals surface area contributed by atoms with Crippen LogP contribution in [-0.2, 0) is 4.79 Å². The van der Waals surface area contributed by atoms with Gasteiger partial charge in [-0.25, -0.2) is 0 Å². The molecule has 130 valence electrons. The summed E-state index contributed by atoms with van der Waals surface area (Å²) in [4.78, 5) is 10.9. The van der Waals surface area contributed by atoms with Crippen molar-refractivity contribution in [1.29, 1.82) is 0 Å². The first kappa shape index (κ1) is 18.5. The largest absolute Gasteiger partial charge is 0.482 e. The maximum atomic E-state index is 12.5. The molecule has 1 N–H and O–H groups in total. The van der Waals surface area contributed by atoms with E-state index < -0.39 is 28.3 Å². The van der Waals surface area contributed by atoms with Gasteiger partial charge in [-0.05, 0) is 66.5 Å². The molecule has 0 bridgehead atoms. The number of hydrogen-bond acceptors (Lipinski definition) is 4. The van der Waals surface area contributed by atoms with Crippen LogP contribution in [0, 0.1) is 0 Å². The van der Waals surface area contributed by atoms with Crippen LogP contribution in [0.1, 0.15) is 6.92 Å². The van der Waals surface area contributed by atoms with E-state index >= 15 is 0 Å². The average Bonchev–Trinajstić information content (AvgIpc) is 2.48. The molecule has 2 unspecified atom stereocenters. The average molecular weight is 382 g/mol. The molecule has 0 fully saturated rings. The number of carbonyl (C=O) groups excluding carboxylic acids is 1. The lowest BCUT2D eigenvalue weighted by Gasteiger charge is -2.28. The Kier molecular flexibility index (Phi) is 5.35. The smallest absolute Gasteiger partial charge is 0.417 e. The maximum Gasteiger partial charge on any atom is 0.417 e. The van der Waals surface area contributed by atoms with Crippen molar-refractivity contribution in [1.82, 2.24) is 5.32 Å². The summed E-state index contributed by atoms with van der Waals surface area (Å²) < 4.78 is 48.3. The maximum absolute atomic E-state index is 12.5. The lowest BCUT2D eigenvalue weighted by molar-refractivity contribution is -0.117. The number of ether oxygens (including phenoxy) is 2. The number of alkyl halides is 4. The van der Waals surface area contributed by atoms with Gasteiger partial charge in [0.1, 0.15) is 11.5 Å². The Morgan fingerprint density at radius 2 is 1.83 bits per heavy atom. The molecular weight excluding hydrogens is 370 g/mol. The van der Waals surface area contributed by atoms with Gasteiger partial charge in [-0.3, -0.25) is 4.79 Å². The zero-order valence-corrected chi connectivity index (χ0v) is 13.7. The molecule has 2 atom stereocenters. The number of nitrogens with one attached hydrogen (secondary N) is 1. The fourth-order valence-electron chi connectivity index (χ4n) is 1.72. The molecule has 4 nitrogen and oxygen atoms in total. The van der Waals surface area contributed by atoms with E-state index in [2.05, 4.69) is 5.32 Å². The molecule has 1 heterocycles. The SMILES string of the molecule is CC(Oc1ccc(OC2(Cl)C=CC(C(F)(F)F)=CN2)cc1)C(=O)Cl. The number of rotatable bonds is 5. The number of carbonyl (C=O) groups is 1. The predicted molar refractivity (Wildman–Crippen MR) is 83.0 cm³/mol. The molecular formula is C15H12Cl2F3NO3. The molecule has 1 aliphatic rings. The van der Waals surface area contributed by atoms with Gasteiger partial charge in [0, 0.05) is 6.20 Å². The predicted octanol–water partition coefficient (Wildman–Crippen LogP) is 4.10. The van der Waals surface area contributed by atoms with E-state index in [4.69, 9.17) is 32.7 Å². The van der Waals surface area contributed by atoms with Crippen LogP contribution in [0.3, 0.4) is 0 Å². The molecule has 1 aromatic rings. The fraction of sp³-hybridized carbons (Fsp3) is 0.267. The summed E-state index contributed by atoms with van der Waals surface area (Å²) >= 11 is 11.4. The topological polar surface area (TPSA) is 47.6 Å². The summed E-state index contributed by atoms with van der Waals surface area (Å²) in [6, 6.07) is 6.00. The van der Waals surface area contributed by atoms with Crippen LogP contribution in [0.4, 0.5) is 13.2 Å². The third-order valence-electron chi connectivity index (χ3n) is 2.95. The molecule has 24 heavy (non-hydrogen) atoms. The summed E-state index contributed by atoms with van der Waals surface area (Å²) in [6.07, 6.45) is -2.67. The minimum atomic E-state index is -4.47. The van der Waals surface area contributed by atoms with Gasteiger partial charge in [-0.15, -0.1) is 0 Å². The van der Waals surface area contributed by atoms with Crippen molar-refractivity contribution in [3.63, 3.8) is 0 Å². The van der Waals surface area contributed by atoms with Crippen molar-refractivity contribution in [2.24, 2.45) is 0 Å². The summed E-state index contributed by atoms with van der Waals surface area (Å²) in [5.74, 6) is 0.655. The first-order chi connectivity index (χ1) is 11.1. The molecule has 0 amide bonds. The van der Waals surface area contributed by atoms with E-state index in [0.29, 0.717) is 5.75 Å². The van der Waals surface area contributed by atoms with Crippen molar-refractivity contribution >= 4 is 28.4 Å². The fourth-order valence-corrected chi connectivity index (χ4v) is 1.97. The van der Waals surface area contributed by atoms with Crippen LogP contribution < -0.4 is 14.8 Å². The molecule has 0 saturated heterocycles. The molecule has 0 spiro atoms. The molecule has 1 aromatic carbocycles.